The minimum absolute atomic E-state index is 0.0517. The van der Waals surface area contributed by atoms with Crippen molar-refractivity contribution in [3.8, 4) is 5.75 Å². The number of aromatic hydroxyl groups is 1. The summed E-state index contributed by atoms with van der Waals surface area (Å²) >= 11 is 7.62. The monoisotopic (exact) mass is 467 g/mol. The van der Waals surface area contributed by atoms with E-state index in [0.717, 1.165) is 26.3 Å². The molecule has 0 aliphatic carbocycles. The van der Waals surface area contributed by atoms with E-state index < -0.39 is 0 Å². The number of nitrogens with zero attached hydrogens (tertiary/aromatic N) is 1. The van der Waals surface area contributed by atoms with Crippen LogP contribution < -0.4 is 0 Å². The summed E-state index contributed by atoms with van der Waals surface area (Å²) in [7, 11) is 0. The maximum atomic E-state index is 12.5. The van der Waals surface area contributed by atoms with Crippen LogP contribution in [0.15, 0.2) is 56.3 Å². The van der Waals surface area contributed by atoms with E-state index in [1.807, 2.05) is 24.3 Å². The van der Waals surface area contributed by atoms with Gasteiger partial charge in [-0.05, 0) is 47.7 Å². The number of phenols is 1. The van der Waals surface area contributed by atoms with E-state index in [2.05, 4.69) is 31.9 Å². The molecule has 122 valence electrons. The second kappa shape index (κ2) is 7.13. The third kappa shape index (κ3) is 3.58. The number of imide groups is 1. The number of carbonyl (C=O) groups is 2. The Bertz CT molecular complexity index is 867. The van der Waals surface area contributed by atoms with Gasteiger partial charge in [-0.25, -0.2) is 0 Å². The largest absolute Gasteiger partial charge is 0.507 e. The molecule has 0 aromatic heterocycles. The van der Waals surface area contributed by atoms with Crippen molar-refractivity contribution in [3.63, 3.8) is 0 Å². The van der Waals surface area contributed by atoms with E-state index in [1.165, 1.54) is 17.0 Å². The fraction of sp³-hybridized carbons (Fsp3) is 0.0588. The lowest BCUT2D eigenvalue weighted by Crippen LogP contribution is -2.27. The molecule has 0 saturated carbocycles. The molecular weight excluding hydrogens is 458 g/mol. The van der Waals surface area contributed by atoms with Crippen molar-refractivity contribution in [2.45, 2.75) is 6.54 Å². The Kier molecular flexibility index (Phi) is 5.12. The summed E-state index contributed by atoms with van der Waals surface area (Å²) in [5.74, 6) is -0.309. The third-order valence-electron chi connectivity index (χ3n) is 3.44. The molecule has 1 fully saturated rings. The molecule has 0 atom stereocenters. The Morgan fingerprint density at radius 3 is 2.62 bits per heavy atom. The Balaban J connectivity index is 1.88. The van der Waals surface area contributed by atoms with Gasteiger partial charge in [-0.15, -0.1) is 0 Å². The topological polar surface area (TPSA) is 57.6 Å². The van der Waals surface area contributed by atoms with Crippen molar-refractivity contribution >= 4 is 60.8 Å². The quantitative estimate of drug-likeness (QED) is 0.632. The van der Waals surface area contributed by atoms with Gasteiger partial charge >= 0.3 is 0 Å². The van der Waals surface area contributed by atoms with E-state index in [-0.39, 0.29) is 23.4 Å². The average Bonchev–Trinajstić information content (AvgIpc) is 2.80. The molecular formula is C17H11Br2NO3S. The van der Waals surface area contributed by atoms with Crippen LogP contribution in [0.4, 0.5) is 4.79 Å². The van der Waals surface area contributed by atoms with Crippen LogP contribution in [-0.2, 0) is 11.3 Å². The maximum Gasteiger partial charge on any atom is 0.293 e. The molecule has 2 aromatic rings. The molecule has 4 nitrogen and oxygen atoms in total. The number of rotatable bonds is 3. The Morgan fingerprint density at radius 1 is 1.12 bits per heavy atom. The van der Waals surface area contributed by atoms with Crippen molar-refractivity contribution in [2.75, 3.05) is 0 Å². The van der Waals surface area contributed by atoms with Crippen molar-refractivity contribution < 1.29 is 14.7 Å². The first-order valence-corrected chi connectivity index (χ1v) is 9.33. The number of halogens is 2. The van der Waals surface area contributed by atoms with E-state index in [9.17, 15) is 14.7 Å². The number of thioether (sulfide) groups is 1. The summed E-state index contributed by atoms with van der Waals surface area (Å²) < 4.78 is 1.62. The van der Waals surface area contributed by atoms with E-state index >= 15 is 0 Å². The van der Waals surface area contributed by atoms with Crippen LogP contribution in [0.1, 0.15) is 11.1 Å². The second-order valence-corrected chi connectivity index (χ2v) is 7.83. The molecule has 0 spiro atoms. The molecule has 3 rings (SSSR count). The van der Waals surface area contributed by atoms with Crippen LogP contribution in [0.5, 0.6) is 5.75 Å². The number of benzene rings is 2. The van der Waals surface area contributed by atoms with Gasteiger partial charge in [0.1, 0.15) is 5.75 Å². The molecule has 1 saturated heterocycles. The number of hydrogen-bond acceptors (Lipinski definition) is 4. The zero-order valence-corrected chi connectivity index (χ0v) is 16.2. The number of carbonyl (C=O) groups excluding carboxylic acids is 2. The van der Waals surface area contributed by atoms with Gasteiger partial charge in [0.05, 0.1) is 11.4 Å². The first-order valence-electron chi connectivity index (χ1n) is 6.93. The highest BCUT2D eigenvalue weighted by atomic mass is 79.9. The van der Waals surface area contributed by atoms with Gasteiger partial charge < -0.3 is 5.11 Å². The summed E-state index contributed by atoms with van der Waals surface area (Å²) in [6.45, 7) is 0.202. The van der Waals surface area contributed by atoms with Crippen LogP contribution in [-0.4, -0.2) is 21.2 Å². The van der Waals surface area contributed by atoms with Crippen molar-refractivity contribution in [1.82, 2.24) is 4.90 Å². The van der Waals surface area contributed by atoms with E-state index in [0.29, 0.717) is 10.5 Å². The van der Waals surface area contributed by atoms with Gasteiger partial charge in [0.25, 0.3) is 11.1 Å². The van der Waals surface area contributed by atoms with Crippen LogP contribution in [0, 0.1) is 0 Å². The number of hydrogen-bond donors (Lipinski definition) is 1. The van der Waals surface area contributed by atoms with Gasteiger partial charge in [-0.1, -0.05) is 50.1 Å². The molecule has 1 aliphatic rings. The Labute approximate surface area is 159 Å². The van der Waals surface area contributed by atoms with Crippen LogP contribution in [0.2, 0.25) is 0 Å². The van der Waals surface area contributed by atoms with Crippen molar-refractivity contribution in [3.05, 3.63) is 67.4 Å². The van der Waals surface area contributed by atoms with Gasteiger partial charge in [-0.2, -0.15) is 0 Å². The lowest BCUT2D eigenvalue weighted by atomic mass is 10.2. The van der Waals surface area contributed by atoms with Crippen LogP contribution >= 0.6 is 43.6 Å². The van der Waals surface area contributed by atoms with E-state index in [4.69, 9.17) is 0 Å². The second-order valence-electron chi connectivity index (χ2n) is 5.06. The zero-order chi connectivity index (χ0) is 17.3. The number of amides is 2. The molecule has 2 amide bonds. The molecule has 0 radical (unpaired) electrons. The fourth-order valence-electron chi connectivity index (χ4n) is 2.22. The zero-order valence-electron chi connectivity index (χ0n) is 12.2. The normalized spacial score (nSPS) is 16.2. The highest BCUT2D eigenvalue weighted by Gasteiger charge is 2.35. The minimum atomic E-state index is -0.361. The highest BCUT2D eigenvalue weighted by Crippen LogP contribution is 2.35. The predicted molar refractivity (Wildman–Crippen MR) is 101 cm³/mol. The lowest BCUT2D eigenvalue weighted by molar-refractivity contribution is -0.123. The summed E-state index contributed by atoms with van der Waals surface area (Å²) in [6, 6.07) is 12.4. The summed E-state index contributed by atoms with van der Waals surface area (Å²) in [5.41, 5.74) is 1.34. The standard InChI is InChI=1S/C17H11Br2NO3S/c18-12-5-6-14(21)11(7-12)8-15-16(22)20(17(23)24-15)9-10-3-1-2-4-13(10)19/h1-8,21H,9H2/b15-8-. The molecule has 1 N–H and O–H groups in total. The van der Waals surface area contributed by atoms with Crippen molar-refractivity contribution in [1.29, 1.82) is 0 Å². The maximum absolute atomic E-state index is 12.5. The summed E-state index contributed by atoms with van der Waals surface area (Å²) in [5, 5.41) is 9.57. The van der Waals surface area contributed by atoms with Gasteiger partial charge in [-0.3, -0.25) is 14.5 Å². The predicted octanol–water partition coefficient (Wildman–Crippen LogP) is 5.15. The number of phenolic OH excluding ortho intramolecular Hbond substituents is 1. The molecule has 1 aliphatic heterocycles. The van der Waals surface area contributed by atoms with Gasteiger partial charge in [0, 0.05) is 14.5 Å². The average molecular weight is 469 g/mol. The van der Waals surface area contributed by atoms with Gasteiger partial charge in [0.2, 0.25) is 0 Å². The lowest BCUT2D eigenvalue weighted by Gasteiger charge is -2.13. The first-order chi connectivity index (χ1) is 11.5. The minimum Gasteiger partial charge on any atom is -0.507 e. The van der Waals surface area contributed by atoms with Gasteiger partial charge in [0.15, 0.2) is 0 Å². The highest BCUT2D eigenvalue weighted by molar-refractivity contribution is 9.10. The summed E-state index contributed by atoms with van der Waals surface area (Å²) in [4.78, 5) is 26.2. The molecule has 1 heterocycles. The SMILES string of the molecule is O=C1S/C(=C\c2cc(Br)ccc2O)C(=O)N1Cc1ccccc1Br. The Hall–Kier alpha value is -1.57. The van der Waals surface area contributed by atoms with Crippen LogP contribution in [0.25, 0.3) is 6.08 Å². The third-order valence-corrected chi connectivity index (χ3v) is 5.61. The van der Waals surface area contributed by atoms with E-state index in [1.54, 1.807) is 12.1 Å². The molecule has 0 bridgehead atoms. The first kappa shape index (κ1) is 17.3. The molecule has 7 heteroatoms. The van der Waals surface area contributed by atoms with Crippen LogP contribution in [0.3, 0.4) is 0 Å². The molecule has 24 heavy (non-hydrogen) atoms. The molecule has 0 unspecified atom stereocenters. The smallest absolute Gasteiger partial charge is 0.293 e. The Morgan fingerprint density at radius 2 is 1.88 bits per heavy atom. The van der Waals surface area contributed by atoms with Crippen molar-refractivity contribution in [2.24, 2.45) is 0 Å². The fourth-order valence-corrected chi connectivity index (χ4v) is 3.83. The molecule has 2 aromatic carbocycles. The summed E-state index contributed by atoms with van der Waals surface area (Å²) in [6.07, 6.45) is 1.53.